The van der Waals surface area contributed by atoms with Gasteiger partial charge in [0.15, 0.2) is 0 Å². The SMILES string of the molecule is CCOc1ccc(-c2cc(C(=O)O)c3cc(Br)ccc3n2)c(OCC)c1. The van der Waals surface area contributed by atoms with Crippen molar-refractivity contribution in [2.24, 2.45) is 0 Å². The number of benzene rings is 2. The van der Waals surface area contributed by atoms with Crippen molar-refractivity contribution in [2.75, 3.05) is 13.2 Å². The van der Waals surface area contributed by atoms with Gasteiger partial charge in [0.2, 0.25) is 0 Å². The molecule has 0 atom stereocenters. The summed E-state index contributed by atoms with van der Waals surface area (Å²) in [6.45, 7) is 4.84. The Balaban J connectivity index is 2.21. The summed E-state index contributed by atoms with van der Waals surface area (Å²) in [5.74, 6) is 0.308. The zero-order valence-electron chi connectivity index (χ0n) is 14.5. The predicted octanol–water partition coefficient (Wildman–Crippen LogP) is 5.16. The highest BCUT2D eigenvalue weighted by molar-refractivity contribution is 9.10. The van der Waals surface area contributed by atoms with Crippen LogP contribution in [0.3, 0.4) is 0 Å². The fourth-order valence-corrected chi connectivity index (χ4v) is 3.12. The Kier molecular flexibility index (Phi) is 5.42. The summed E-state index contributed by atoms with van der Waals surface area (Å²) in [7, 11) is 0. The van der Waals surface area contributed by atoms with Crippen molar-refractivity contribution in [3.8, 4) is 22.8 Å². The van der Waals surface area contributed by atoms with Crippen molar-refractivity contribution in [3.05, 3.63) is 52.5 Å². The fraction of sp³-hybridized carbons (Fsp3) is 0.200. The Morgan fingerprint density at radius 2 is 1.85 bits per heavy atom. The molecule has 0 aliphatic rings. The molecule has 0 fully saturated rings. The molecule has 1 N–H and O–H groups in total. The minimum absolute atomic E-state index is 0.197. The third kappa shape index (κ3) is 3.65. The molecule has 134 valence electrons. The highest BCUT2D eigenvalue weighted by Gasteiger charge is 2.16. The molecule has 26 heavy (non-hydrogen) atoms. The molecule has 5 nitrogen and oxygen atoms in total. The van der Waals surface area contributed by atoms with Crippen LogP contribution < -0.4 is 9.47 Å². The number of fused-ring (bicyclic) bond motifs is 1. The van der Waals surface area contributed by atoms with Crippen molar-refractivity contribution in [2.45, 2.75) is 13.8 Å². The molecule has 0 bridgehead atoms. The first kappa shape index (κ1) is 18.2. The number of nitrogens with zero attached hydrogens (tertiary/aromatic N) is 1. The number of aromatic carboxylic acids is 1. The van der Waals surface area contributed by atoms with Crippen LogP contribution >= 0.6 is 15.9 Å². The van der Waals surface area contributed by atoms with Crippen LogP contribution in [0, 0.1) is 0 Å². The van der Waals surface area contributed by atoms with Crippen molar-refractivity contribution in [1.82, 2.24) is 4.98 Å². The van der Waals surface area contributed by atoms with Crippen LogP contribution in [0.1, 0.15) is 24.2 Å². The van der Waals surface area contributed by atoms with Crippen LogP contribution in [0.2, 0.25) is 0 Å². The van der Waals surface area contributed by atoms with E-state index in [1.807, 2.05) is 32.0 Å². The molecule has 0 radical (unpaired) electrons. The van der Waals surface area contributed by atoms with Crippen molar-refractivity contribution in [3.63, 3.8) is 0 Å². The number of aromatic nitrogens is 1. The van der Waals surface area contributed by atoms with Gasteiger partial charge in [-0.15, -0.1) is 0 Å². The fourth-order valence-electron chi connectivity index (χ4n) is 2.76. The number of pyridine rings is 1. The summed E-state index contributed by atoms with van der Waals surface area (Å²) in [4.78, 5) is 16.4. The van der Waals surface area contributed by atoms with Gasteiger partial charge < -0.3 is 14.6 Å². The minimum atomic E-state index is -0.999. The summed E-state index contributed by atoms with van der Waals surface area (Å²) in [5, 5.41) is 10.2. The number of halogens is 1. The summed E-state index contributed by atoms with van der Waals surface area (Å²) >= 11 is 3.38. The zero-order valence-corrected chi connectivity index (χ0v) is 16.0. The van der Waals surface area contributed by atoms with E-state index in [0.717, 1.165) is 10.0 Å². The molecule has 1 aromatic heterocycles. The number of carboxylic acid groups (broad SMARTS) is 1. The van der Waals surface area contributed by atoms with Gasteiger partial charge in [0.25, 0.3) is 0 Å². The van der Waals surface area contributed by atoms with Gasteiger partial charge >= 0.3 is 5.97 Å². The largest absolute Gasteiger partial charge is 0.494 e. The third-order valence-electron chi connectivity index (χ3n) is 3.84. The monoisotopic (exact) mass is 415 g/mol. The van der Waals surface area contributed by atoms with E-state index in [9.17, 15) is 9.90 Å². The van der Waals surface area contributed by atoms with Gasteiger partial charge in [0, 0.05) is 21.5 Å². The molecule has 0 unspecified atom stereocenters. The Labute approximate surface area is 159 Å². The summed E-state index contributed by atoms with van der Waals surface area (Å²) in [5.41, 5.74) is 2.08. The van der Waals surface area contributed by atoms with E-state index in [1.54, 1.807) is 24.3 Å². The number of ether oxygens (including phenoxy) is 2. The lowest BCUT2D eigenvalue weighted by Gasteiger charge is -2.14. The molecular weight excluding hydrogens is 398 g/mol. The summed E-state index contributed by atoms with van der Waals surface area (Å²) in [6, 6.07) is 12.4. The van der Waals surface area contributed by atoms with Crippen molar-refractivity contribution >= 4 is 32.8 Å². The summed E-state index contributed by atoms with van der Waals surface area (Å²) < 4.78 is 12.1. The van der Waals surface area contributed by atoms with Crippen LogP contribution in [-0.4, -0.2) is 29.3 Å². The zero-order chi connectivity index (χ0) is 18.7. The van der Waals surface area contributed by atoms with Gasteiger partial charge in [-0.2, -0.15) is 0 Å². The van der Waals surface area contributed by atoms with Crippen LogP contribution in [0.4, 0.5) is 0 Å². The van der Waals surface area contributed by atoms with Gasteiger partial charge in [-0.1, -0.05) is 15.9 Å². The summed E-state index contributed by atoms with van der Waals surface area (Å²) in [6.07, 6.45) is 0. The second-order valence-corrected chi connectivity index (χ2v) is 6.46. The van der Waals surface area contributed by atoms with Crippen molar-refractivity contribution in [1.29, 1.82) is 0 Å². The Hall–Kier alpha value is -2.60. The maximum Gasteiger partial charge on any atom is 0.336 e. The molecule has 0 aliphatic heterocycles. The maximum absolute atomic E-state index is 11.8. The smallest absolute Gasteiger partial charge is 0.336 e. The van der Waals surface area contributed by atoms with E-state index < -0.39 is 5.97 Å². The average molecular weight is 416 g/mol. The molecule has 0 amide bonds. The lowest BCUT2D eigenvalue weighted by Crippen LogP contribution is -2.02. The van der Waals surface area contributed by atoms with Gasteiger partial charge in [0.05, 0.1) is 30.0 Å². The molecular formula is C20H18BrNO4. The van der Waals surface area contributed by atoms with E-state index >= 15 is 0 Å². The van der Waals surface area contributed by atoms with Crippen LogP contribution in [-0.2, 0) is 0 Å². The topological polar surface area (TPSA) is 68.7 Å². The predicted molar refractivity (Wildman–Crippen MR) is 104 cm³/mol. The lowest BCUT2D eigenvalue weighted by molar-refractivity contribution is 0.0699. The molecule has 0 saturated carbocycles. The number of hydrogen-bond acceptors (Lipinski definition) is 4. The molecule has 0 spiro atoms. The highest BCUT2D eigenvalue weighted by Crippen LogP contribution is 2.35. The quantitative estimate of drug-likeness (QED) is 0.601. The van der Waals surface area contributed by atoms with Gasteiger partial charge in [-0.25, -0.2) is 9.78 Å². The van der Waals surface area contributed by atoms with E-state index in [2.05, 4.69) is 20.9 Å². The first-order valence-corrected chi connectivity index (χ1v) is 9.06. The second kappa shape index (κ2) is 7.74. The second-order valence-electron chi connectivity index (χ2n) is 5.55. The normalized spacial score (nSPS) is 10.7. The van der Waals surface area contributed by atoms with Crippen LogP contribution in [0.15, 0.2) is 46.9 Å². The number of hydrogen-bond donors (Lipinski definition) is 1. The first-order chi connectivity index (χ1) is 12.5. The van der Waals surface area contributed by atoms with E-state index in [0.29, 0.717) is 41.3 Å². The highest BCUT2D eigenvalue weighted by atomic mass is 79.9. The molecule has 0 saturated heterocycles. The first-order valence-electron chi connectivity index (χ1n) is 8.27. The van der Waals surface area contributed by atoms with E-state index in [4.69, 9.17) is 9.47 Å². The van der Waals surface area contributed by atoms with Gasteiger partial charge in [-0.3, -0.25) is 0 Å². The standard InChI is InChI=1S/C20H18BrNO4/c1-3-25-13-6-7-14(19(10-13)26-4-2)18-11-16(20(23)24)15-9-12(21)5-8-17(15)22-18/h5-11H,3-4H2,1-2H3,(H,23,24). The maximum atomic E-state index is 11.8. The molecule has 2 aromatic carbocycles. The molecule has 1 heterocycles. The Morgan fingerprint density at radius 1 is 1.08 bits per heavy atom. The van der Waals surface area contributed by atoms with E-state index in [-0.39, 0.29) is 5.56 Å². The van der Waals surface area contributed by atoms with Gasteiger partial charge in [-0.05, 0) is 50.2 Å². The number of rotatable bonds is 6. The third-order valence-corrected chi connectivity index (χ3v) is 4.33. The molecule has 3 rings (SSSR count). The van der Waals surface area contributed by atoms with E-state index in [1.165, 1.54) is 0 Å². The Bertz CT molecular complexity index is 971. The minimum Gasteiger partial charge on any atom is -0.494 e. The average Bonchev–Trinajstić information content (AvgIpc) is 2.61. The Morgan fingerprint density at radius 3 is 2.54 bits per heavy atom. The van der Waals surface area contributed by atoms with Crippen molar-refractivity contribution < 1.29 is 19.4 Å². The van der Waals surface area contributed by atoms with Crippen LogP contribution in [0.25, 0.3) is 22.2 Å². The molecule has 0 aliphatic carbocycles. The molecule has 6 heteroatoms. The number of carbonyl (C=O) groups is 1. The lowest BCUT2D eigenvalue weighted by atomic mass is 10.0. The number of carboxylic acids is 1. The molecule has 3 aromatic rings. The van der Waals surface area contributed by atoms with Crippen LogP contribution in [0.5, 0.6) is 11.5 Å². The van der Waals surface area contributed by atoms with Gasteiger partial charge in [0.1, 0.15) is 11.5 Å².